The zero-order valence-corrected chi connectivity index (χ0v) is 14.3. The van der Waals surface area contributed by atoms with Gasteiger partial charge in [0.2, 0.25) is 10.0 Å². The van der Waals surface area contributed by atoms with Crippen LogP contribution >= 0.6 is 0 Å². The molecule has 0 radical (unpaired) electrons. The van der Waals surface area contributed by atoms with E-state index in [1.807, 2.05) is 0 Å². The number of nitrogens with one attached hydrogen (secondary N) is 1. The summed E-state index contributed by atoms with van der Waals surface area (Å²) < 4.78 is 27.7. The molecule has 0 unspecified atom stereocenters. The van der Waals surface area contributed by atoms with E-state index in [0.29, 0.717) is 11.5 Å². The molecule has 25 heavy (non-hydrogen) atoms. The van der Waals surface area contributed by atoms with E-state index < -0.39 is 20.6 Å². The third kappa shape index (κ3) is 4.52. The molecule has 0 aliphatic carbocycles. The van der Waals surface area contributed by atoms with Gasteiger partial charge in [0.15, 0.2) is 0 Å². The van der Waals surface area contributed by atoms with Crippen LogP contribution in [0.15, 0.2) is 52.5 Å². The molecule has 0 spiro atoms. The van der Waals surface area contributed by atoms with Gasteiger partial charge in [-0.1, -0.05) is 0 Å². The van der Waals surface area contributed by atoms with Crippen molar-refractivity contribution < 1.29 is 18.1 Å². The lowest BCUT2D eigenvalue weighted by molar-refractivity contribution is -0.384. The Bertz CT molecular complexity index is 923. The Morgan fingerprint density at radius 3 is 2.40 bits per heavy atom. The van der Waals surface area contributed by atoms with Crippen molar-refractivity contribution in [3.8, 4) is 5.75 Å². The maximum atomic E-state index is 11.3. The molecule has 0 saturated carbocycles. The minimum atomic E-state index is -4.04. The Labute approximate surface area is 144 Å². The normalized spacial score (nSPS) is 11.9. The lowest BCUT2D eigenvalue weighted by Crippen LogP contribution is -2.12. The lowest BCUT2D eigenvalue weighted by Gasteiger charge is -2.06. The largest absolute Gasteiger partial charge is 0.497 e. The highest BCUT2D eigenvalue weighted by atomic mass is 32.2. The Morgan fingerprint density at radius 2 is 1.88 bits per heavy atom. The number of hydrogen-bond donors (Lipinski definition) is 2. The van der Waals surface area contributed by atoms with Gasteiger partial charge in [0, 0.05) is 6.07 Å². The van der Waals surface area contributed by atoms with Gasteiger partial charge in [-0.15, -0.1) is 0 Å². The van der Waals surface area contributed by atoms with Crippen LogP contribution in [0.5, 0.6) is 5.75 Å². The molecule has 0 aliphatic heterocycles. The monoisotopic (exact) mass is 364 g/mol. The number of nitro benzene ring substituents is 1. The van der Waals surface area contributed by atoms with Gasteiger partial charge in [-0.3, -0.25) is 15.5 Å². The number of nitrogens with two attached hydrogens (primary N) is 1. The highest BCUT2D eigenvalue weighted by Gasteiger charge is 2.19. The van der Waals surface area contributed by atoms with Crippen LogP contribution < -0.4 is 15.3 Å². The maximum Gasteiger partial charge on any atom is 0.295 e. The molecule has 0 amide bonds. The van der Waals surface area contributed by atoms with Gasteiger partial charge in [-0.2, -0.15) is 5.10 Å². The third-order valence-corrected chi connectivity index (χ3v) is 4.26. The molecule has 0 saturated heterocycles. The molecule has 0 atom stereocenters. The molecule has 2 aromatic carbocycles. The van der Waals surface area contributed by atoms with Gasteiger partial charge in [-0.05, 0) is 48.9 Å². The second-order valence-electron chi connectivity index (χ2n) is 5.02. The molecular weight excluding hydrogens is 348 g/mol. The number of hydrazone groups is 1. The minimum Gasteiger partial charge on any atom is -0.497 e. The van der Waals surface area contributed by atoms with Crippen molar-refractivity contribution in [2.75, 3.05) is 12.5 Å². The van der Waals surface area contributed by atoms with E-state index in [1.54, 1.807) is 38.3 Å². The van der Waals surface area contributed by atoms with Crippen LogP contribution in [0, 0.1) is 10.1 Å². The van der Waals surface area contributed by atoms with Gasteiger partial charge in [0.05, 0.1) is 22.6 Å². The SMILES string of the molecule is COc1ccc(/C(C)=N/Nc2ccc(S(N)(=O)=O)cc2[N+](=O)[O-])cc1. The molecule has 0 heterocycles. The highest BCUT2D eigenvalue weighted by Crippen LogP contribution is 2.27. The predicted molar refractivity (Wildman–Crippen MR) is 93.3 cm³/mol. The number of rotatable bonds is 6. The van der Waals surface area contributed by atoms with Crippen LogP contribution in [-0.4, -0.2) is 26.2 Å². The fourth-order valence-electron chi connectivity index (χ4n) is 1.97. The number of nitro groups is 1. The average molecular weight is 364 g/mol. The number of sulfonamides is 1. The van der Waals surface area contributed by atoms with E-state index in [1.165, 1.54) is 12.1 Å². The highest BCUT2D eigenvalue weighted by molar-refractivity contribution is 7.89. The van der Waals surface area contributed by atoms with Crippen molar-refractivity contribution in [3.63, 3.8) is 0 Å². The first-order chi connectivity index (χ1) is 11.7. The molecule has 0 aliphatic rings. The van der Waals surface area contributed by atoms with E-state index in [9.17, 15) is 18.5 Å². The topological polar surface area (TPSA) is 137 Å². The van der Waals surface area contributed by atoms with Crippen molar-refractivity contribution in [1.29, 1.82) is 0 Å². The maximum absolute atomic E-state index is 11.3. The molecule has 2 aromatic rings. The van der Waals surface area contributed by atoms with Crippen molar-refractivity contribution in [2.45, 2.75) is 11.8 Å². The molecule has 0 bridgehead atoms. The van der Waals surface area contributed by atoms with Crippen LogP contribution in [0.2, 0.25) is 0 Å². The van der Waals surface area contributed by atoms with E-state index in [4.69, 9.17) is 9.88 Å². The second-order valence-corrected chi connectivity index (χ2v) is 6.58. The zero-order chi connectivity index (χ0) is 18.6. The number of methoxy groups -OCH3 is 1. The number of ether oxygens (including phenoxy) is 1. The molecule has 0 aromatic heterocycles. The van der Waals surface area contributed by atoms with Gasteiger partial charge in [0.25, 0.3) is 5.69 Å². The smallest absolute Gasteiger partial charge is 0.295 e. The van der Waals surface area contributed by atoms with Gasteiger partial charge in [-0.25, -0.2) is 13.6 Å². The fraction of sp³-hybridized carbons (Fsp3) is 0.133. The summed E-state index contributed by atoms with van der Waals surface area (Å²) >= 11 is 0. The molecule has 10 heteroatoms. The van der Waals surface area contributed by atoms with Crippen LogP contribution in [0.3, 0.4) is 0 Å². The molecule has 2 rings (SSSR count). The zero-order valence-electron chi connectivity index (χ0n) is 13.5. The average Bonchev–Trinajstić information content (AvgIpc) is 2.58. The minimum absolute atomic E-state index is 0.0465. The molecule has 3 N–H and O–H groups in total. The Morgan fingerprint density at radius 1 is 1.24 bits per heavy atom. The number of benzene rings is 2. The van der Waals surface area contributed by atoms with Crippen molar-refractivity contribution in [3.05, 3.63) is 58.1 Å². The molecule has 132 valence electrons. The summed E-state index contributed by atoms with van der Waals surface area (Å²) in [5, 5.41) is 20.2. The first kappa shape index (κ1) is 18.4. The van der Waals surface area contributed by atoms with Gasteiger partial charge < -0.3 is 4.74 Å². The van der Waals surface area contributed by atoms with E-state index >= 15 is 0 Å². The first-order valence-corrected chi connectivity index (χ1v) is 8.53. The summed E-state index contributed by atoms with van der Waals surface area (Å²) in [6, 6.07) is 10.4. The molecular formula is C15H16N4O5S. The van der Waals surface area contributed by atoms with E-state index in [0.717, 1.165) is 11.6 Å². The third-order valence-electron chi connectivity index (χ3n) is 3.35. The van der Waals surface area contributed by atoms with Crippen molar-refractivity contribution in [1.82, 2.24) is 0 Å². The van der Waals surface area contributed by atoms with Crippen LogP contribution in [0.1, 0.15) is 12.5 Å². The second kappa shape index (κ2) is 7.28. The number of nitrogens with zero attached hydrogens (tertiary/aromatic N) is 2. The fourth-order valence-corrected chi connectivity index (χ4v) is 2.51. The van der Waals surface area contributed by atoms with Crippen LogP contribution in [0.25, 0.3) is 0 Å². The van der Waals surface area contributed by atoms with E-state index in [2.05, 4.69) is 10.5 Å². The first-order valence-electron chi connectivity index (χ1n) is 6.98. The lowest BCUT2D eigenvalue weighted by atomic mass is 10.1. The number of hydrogen-bond acceptors (Lipinski definition) is 7. The summed E-state index contributed by atoms with van der Waals surface area (Å²) in [5.74, 6) is 0.693. The van der Waals surface area contributed by atoms with Crippen molar-refractivity contribution >= 4 is 27.1 Å². The standard InChI is InChI=1S/C15H16N4O5S/c1-10(11-3-5-12(24-2)6-4-11)17-18-14-8-7-13(25(16,22)23)9-15(14)19(20)21/h3-9,18H,1-2H3,(H2,16,22,23)/b17-10+. The van der Waals surface area contributed by atoms with Gasteiger partial charge >= 0.3 is 0 Å². The summed E-state index contributed by atoms with van der Waals surface area (Å²) in [6.45, 7) is 1.72. The van der Waals surface area contributed by atoms with Crippen LogP contribution in [-0.2, 0) is 10.0 Å². The Balaban J connectivity index is 2.30. The summed E-state index contributed by atoms with van der Waals surface area (Å²) in [6.07, 6.45) is 0. The molecule has 9 nitrogen and oxygen atoms in total. The molecule has 0 fully saturated rings. The summed E-state index contributed by atoms with van der Waals surface area (Å²) in [7, 11) is -2.48. The summed E-state index contributed by atoms with van der Waals surface area (Å²) in [5.41, 5.74) is 3.54. The Hall–Kier alpha value is -2.98. The quantitative estimate of drug-likeness (QED) is 0.457. The number of primary sulfonamides is 1. The Kier molecular flexibility index (Phi) is 5.35. The van der Waals surface area contributed by atoms with Crippen LogP contribution in [0.4, 0.5) is 11.4 Å². The predicted octanol–water partition coefficient (Wildman–Crippen LogP) is 2.09. The van der Waals surface area contributed by atoms with Gasteiger partial charge in [0.1, 0.15) is 11.4 Å². The van der Waals surface area contributed by atoms with Crippen molar-refractivity contribution in [2.24, 2.45) is 10.2 Å². The van der Waals surface area contributed by atoms with E-state index in [-0.39, 0.29) is 10.6 Å². The number of anilines is 1. The summed E-state index contributed by atoms with van der Waals surface area (Å²) in [4.78, 5) is 10.1.